The van der Waals surface area contributed by atoms with Crippen LogP contribution in [0.3, 0.4) is 0 Å². The second-order valence-electron chi connectivity index (χ2n) is 7.79. The molecule has 3 aromatic rings. The van der Waals surface area contributed by atoms with Crippen molar-refractivity contribution in [2.75, 3.05) is 18.5 Å². The van der Waals surface area contributed by atoms with Crippen molar-refractivity contribution < 1.29 is 23.6 Å². The number of hydrogen-bond donors (Lipinski definition) is 1. The summed E-state index contributed by atoms with van der Waals surface area (Å²) in [5.41, 5.74) is 2.38. The summed E-state index contributed by atoms with van der Waals surface area (Å²) < 4.78 is 21.9. The third-order valence-electron chi connectivity index (χ3n) is 5.58. The van der Waals surface area contributed by atoms with Gasteiger partial charge in [0, 0.05) is 37.0 Å². The Bertz CT molecular complexity index is 1250. The van der Waals surface area contributed by atoms with Gasteiger partial charge < -0.3 is 14.9 Å². The molecule has 0 radical (unpaired) electrons. The third-order valence-corrected chi connectivity index (χ3v) is 5.58. The number of pyridine rings is 1. The lowest BCUT2D eigenvalue weighted by Gasteiger charge is -2.14. The molecule has 0 aliphatic carbocycles. The van der Waals surface area contributed by atoms with E-state index in [4.69, 9.17) is 9.57 Å². The van der Waals surface area contributed by atoms with E-state index >= 15 is 0 Å². The monoisotopic (exact) mass is 465 g/mol. The van der Waals surface area contributed by atoms with E-state index in [1.807, 2.05) is 0 Å². The molecule has 0 bridgehead atoms. The van der Waals surface area contributed by atoms with Crippen molar-refractivity contribution in [2.45, 2.75) is 25.2 Å². The Balaban J connectivity index is 1.28. The zero-order valence-electron chi connectivity index (χ0n) is 18.1. The molecule has 5 rings (SSSR count). The summed E-state index contributed by atoms with van der Waals surface area (Å²) in [7, 11) is 1.53. The second kappa shape index (κ2) is 8.89. The summed E-state index contributed by atoms with van der Waals surface area (Å²) in [4.78, 5) is 34.9. The minimum Gasteiger partial charge on any atom is -0.442 e. The molecule has 1 saturated heterocycles. The first-order chi connectivity index (χ1) is 16.5. The molecule has 11 nitrogen and oxygen atoms in total. The highest BCUT2D eigenvalue weighted by Crippen LogP contribution is 2.29. The molecule has 12 heteroatoms. The Kier molecular flexibility index (Phi) is 5.62. The summed E-state index contributed by atoms with van der Waals surface area (Å²) >= 11 is 0. The first kappa shape index (κ1) is 21.5. The van der Waals surface area contributed by atoms with Crippen LogP contribution in [0.15, 0.2) is 54.1 Å². The number of ether oxygens (including phenoxy) is 1. The van der Waals surface area contributed by atoms with Gasteiger partial charge in [0.15, 0.2) is 0 Å². The van der Waals surface area contributed by atoms with Crippen molar-refractivity contribution in [1.82, 2.24) is 25.3 Å². The third kappa shape index (κ3) is 4.17. The molecule has 1 fully saturated rings. The Morgan fingerprint density at radius 2 is 2.18 bits per heavy atom. The molecule has 0 spiro atoms. The fourth-order valence-corrected chi connectivity index (χ4v) is 3.83. The number of likely N-dealkylation sites (N-methyl/N-ethyl adjacent to an activating group) is 1. The maximum absolute atomic E-state index is 15.0. The number of carbonyl (C=O) groups is 2. The van der Waals surface area contributed by atoms with Crippen LogP contribution in [0.2, 0.25) is 0 Å². The van der Waals surface area contributed by atoms with Gasteiger partial charge in [-0.25, -0.2) is 13.9 Å². The molecule has 4 heterocycles. The van der Waals surface area contributed by atoms with E-state index in [1.54, 1.807) is 41.3 Å². The quantitative estimate of drug-likeness (QED) is 0.588. The number of cyclic esters (lactones) is 1. The molecule has 2 atom stereocenters. The highest BCUT2D eigenvalue weighted by Gasteiger charge is 2.33. The van der Waals surface area contributed by atoms with Crippen molar-refractivity contribution in [3.8, 4) is 11.1 Å². The van der Waals surface area contributed by atoms with Gasteiger partial charge in [0.2, 0.25) is 6.10 Å². The lowest BCUT2D eigenvalue weighted by Crippen LogP contribution is -2.31. The van der Waals surface area contributed by atoms with Crippen molar-refractivity contribution >= 4 is 23.4 Å². The summed E-state index contributed by atoms with van der Waals surface area (Å²) in [5.74, 6) is -0.759. The zero-order chi connectivity index (χ0) is 23.7. The predicted molar refractivity (Wildman–Crippen MR) is 117 cm³/mol. The van der Waals surface area contributed by atoms with Crippen LogP contribution < -0.4 is 10.2 Å². The molecule has 2 amide bonds. The van der Waals surface area contributed by atoms with Crippen LogP contribution in [0.1, 0.15) is 12.1 Å². The van der Waals surface area contributed by atoms with Crippen LogP contribution in [0.5, 0.6) is 0 Å². The van der Waals surface area contributed by atoms with E-state index < -0.39 is 24.1 Å². The maximum atomic E-state index is 15.0. The number of hydrogen-bond acceptors (Lipinski definition) is 8. The number of anilines is 1. The van der Waals surface area contributed by atoms with E-state index in [0.29, 0.717) is 41.2 Å². The second-order valence-corrected chi connectivity index (χ2v) is 7.79. The number of nitrogens with one attached hydrogen (secondary N) is 1. The molecule has 0 saturated carbocycles. The van der Waals surface area contributed by atoms with Crippen LogP contribution in [0, 0.1) is 5.82 Å². The topological polar surface area (TPSA) is 124 Å². The number of halogens is 1. The summed E-state index contributed by atoms with van der Waals surface area (Å²) in [6, 6.07) is 7.97. The smallest absolute Gasteiger partial charge is 0.414 e. The molecule has 2 aromatic heterocycles. The average molecular weight is 465 g/mol. The molecular formula is C22H20FN7O4. The lowest BCUT2D eigenvalue weighted by atomic mass is 10.0. The van der Waals surface area contributed by atoms with Gasteiger partial charge in [-0.05, 0) is 24.3 Å². The predicted octanol–water partition coefficient (Wildman–Crippen LogP) is 1.74. The fourth-order valence-electron chi connectivity index (χ4n) is 3.83. The minimum absolute atomic E-state index is 0.260. The highest BCUT2D eigenvalue weighted by atomic mass is 19.1. The molecule has 2 aliphatic heterocycles. The fraction of sp³-hybridized carbons (Fsp3) is 0.273. The van der Waals surface area contributed by atoms with E-state index in [0.717, 1.165) is 0 Å². The number of oxime groups is 1. The van der Waals surface area contributed by atoms with Gasteiger partial charge in [-0.15, -0.1) is 5.10 Å². The zero-order valence-corrected chi connectivity index (χ0v) is 18.1. The SMILES string of the molecule is CNC(=O)C1CC(c2ccc(-c3ccc(N4C[C@H](Cn5ccnn5)OC4=O)cc3F)cn2)=NO1. The average Bonchev–Trinajstić information content (AvgIpc) is 3.61. The Morgan fingerprint density at radius 3 is 2.88 bits per heavy atom. The molecule has 1 unspecified atom stereocenters. The first-order valence-corrected chi connectivity index (χ1v) is 10.5. The maximum Gasteiger partial charge on any atom is 0.414 e. The van der Waals surface area contributed by atoms with Crippen LogP contribution in [0.25, 0.3) is 11.1 Å². The molecule has 1 N–H and O–H groups in total. The largest absolute Gasteiger partial charge is 0.442 e. The molecular weight excluding hydrogens is 445 g/mol. The first-order valence-electron chi connectivity index (χ1n) is 10.5. The molecule has 34 heavy (non-hydrogen) atoms. The summed E-state index contributed by atoms with van der Waals surface area (Å²) in [6.07, 6.45) is 3.41. The van der Waals surface area contributed by atoms with Gasteiger partial charge >= 0.3 is 6.09 Å². The van der Waals surface area contributed by atoms with Crippen molar-refractivity contribution in [2.24, 2.45) is 5.16 Å². The van der Waals surface area contributed by atoms with Crippen LogP contribution >= 0.6 is 0 Å². The Hall–Kier alpha value is -4.35. The van der Waals surface area contributed by atoms with Gasteiger partial charge in [-0.1, -0.05) is 16.4 Å². The molecule has 174 valence electrons. The standard InChI is InChI=1S/C22H20FN7O4/c1-24-21(31)20-9-19(27-34-20)18-5-2-13(10-25-18)16-4-3-14(8-17(16)23)30-12-15(33-22(30)32)11-29-7-6-26-28-29/h2-8,10,15,20H,9,11-12H2,1H3,(H,24,31)/t15-,20?/m0/s1. The van der Waals surface area contributed by atoms with E-state index in [9.17, 15) is 14.0 Å². The van der Waals surface area contributed by atoms with Crippen molar-refractivity contribution in [3.05, 3.63) is 60.4 Å². The van der Waals surface area contributed by atoms with Gasteiger partial charge in [-0.3, -0.25) is 14.7 Å². The normalized spacial score (nSPS) is 19.5. The van der Waals surface area contributed by atoms with E-state index in [2.05, 4.69) is 25.8 Å². The van der Waals surface area contributed by atoms with Crippen molar-refractivity contribution in [3.63, 3.8) is 0 Å². The lowest BCUT2D eigenvalue weighted by molar-refractivity contribution is -0.130. The number of benzene rings is 1. The molecule has 2 aliphatic rings. The van der Waals surface area contributed by atoms with Crippen LogP contribution in [0.4, 0.5) is 14.9 Å². The van der Waals surface area contributed by atoms with Crippen molar-refractivity contribution in [1.29, 1.82) is 0 Å². The van der Waals surface area contributed by atoms with Crippen LogP contribution in [-0.4, -0.2) is 63.5 Å². The Morgan fingerprint density at radius 1 is 1.29 bits per heavy atom. The van der Waals surface area contributed by atoms with E-state index in [-0.39, 0.29) is 12.5 Å². The summed E-state index contributed by atoms with van der Waals surface area (Å²) in [5, 5.41) is 14.0. The van der Waals surface area contributed by atoms with Gasteiger partial charge in [0.25, 0.3) is 5.91 Å². The number of rotatable bonds is 6. The number of amides is 2. The van der Waals surface area contributed by atoms with Gasteiger partial charge in [0.05, 0.1) is 30.7 Å². The van der Waals surface area contributed by atoms with E-state index in [1.165, 1.54) is 24.2 Å². The number of nitrogens with zero attached hydrogens (tertiary/aromatic N) is 6. The van der Waals surface area contributed by atoms with Crippen LogP contribution in [-0.2, 0) is 20.9 Å². The summed E-state index contributed by atoms with van der Waals surface area (Å²) in [6.45, 7) is 0.635. The van der Waals surface area contributed by atoms with Gasteiger partial charge in [-0.2, -0.15) is 0 Å². The van der Waals surface area contributed by atoms with Gasteiger partial charge in [0.1, 0.15) is 17.6 Å². The Labute approximate surface area is 193 Å². The minimum atomic E-state index is -0.681. The number of carbonyl (C=O) groups excluding carboxylic acids is 2. The number of aromatic nitrogens is 4. The highest BCUT2D eigenvalue weighted by molar-refractivity contribution is 6.02. The molecule has 1 aromatic carbocycles.